The molecule has 116 valence electrons. The number of aryl methyl sites for hydroxylation is 2. The molecule has 0 saturated heterocycles. The molecule has 4 nitrogen and oxygen atoms in total. The summed E-state index contributed by atoms with van der Waals surface area (Å²) in [5.41, 5.74) is 3.05. The first-order valence-electron chi connectivity index (χ1n) is 7.51. The molecule has 0 saturated carbocycles. The third kappa shape index (κ3) is 4.59. The fraction of sp³-hybridized carbons (Fsp3) is 0.529. The zero-order valence-electron chi connectivity index (χ0n) is 13.3. The number of carbonyl (C=O) groups excluding carboxylic acids is 1. The number of carbonyl (C=O) groups is 2. The van der Waals surface area contributed by atoms with Crippen LogP contribution in [0, 0.1) is 19.8 Å². The van der Waals surface area contributed by atoms with Crippen LogP contribution in [0.25, 0.3) is 0 Å². The summed E-state index contributed by atoms with van der Waals surface area (Å²) in [7, 11) is 0. The largest absolute Gasteiger partial charge is 0.481 e. The van der Waals surface area contributed by atoms with E-state index in [1.807, 2.05) is 45.9 Å². The van der Waals surface area contributed by atoms with Gasteiger partial charge in [-0.3, -0.25) is 9.59 Å². The number of amides is 1. The van der Waals surface area contributed by atoms with Crippen molar-refractivity contribution in [2.24, 2.45) is 5.92 Å². The van der Waals surface area contributed by atoms with Crippen molar-refractivity contribution in [3.8, 4) is 0 Å². The molecule has 0 aromatic heterocycles. The van der Waals surface area contributed by atoms with Gasteiger partial charge in [0.2, 0.25) is 5.91 Å². The van der Waals surface area contributed by atoms with Gasteiger partial charge >= 0.3 is 5.97 Å². The molecule has 0 atom stereocenters. The number of carboxylic acid groups (broad SMARTS) is 1. The summed E-state index contributed by atoms with van der Waals surface area (Å²) < 4.78 is 0. The second kappa shape index (κ2) is 7.81. The van der Waals surface area contributed by atoms with E-state index in [0.29, 0.717) is 0 Å². The van der Waals surface area contributed by atoms with Crippen molar-refractivity contribution in [3.05, 3.63) is 29.3 Å². The number of nitrogens with zero attached hydrogens (tertiary/aromatic N) is 1. The lowest BCUT2D eigenvalue weighted by molar-refractivity contribution is -0.136. The Labute approximate surface area is 126 Å². The quantitative estimate of drug-likeness (QED) is 0.836. The lowest BCUT2D eigenvalue weighted by atomic mass is 10.0. The predicted octanol–water partition coefficient (Wildman–Crippen LogP) is 3.55. The Morgan fingerprint density at radius 3 is 2.24 bits per heavy atom. The Kier molecular flexibility index (Phi) is 6.40. The van der Waals surface area contributed by atoms with Crippen LogP contribution < -0.4 is 4.90 Å². The van der Waals surface area contributed by atoms with Gasteiger partial charge in [0.15, 0.2) is 0 Å². The third-order valence-corrected chi connectivity index (χ3v) is 3.95. The minimum atomic E-state index is -0.888. The number of anilines is 1. The molecule has 0 radical (unpaired) electrons. The molecule has 0 fully saturated rings. The highest BCUT2D eigenvalue weighted by Gasteiger charge is 2.23. The first-order valence-corrected chi connectivity index (χ1v) is 7.51. The van der Waals surface area contributed by atoms with Gasteiger partial charge in [0.25, 0.3) is 0 Å². The smallest absolute Gasteiger partial charge is 0.305 e. The monoisotopic (exact) mass is 291 g/mol. The summed E-state index contributed by atoms with van der Waals surface area (Å²) in [6, 6.07) is 5.82. The summed E-state index contributed by atoms with van der Waals surface area (Å²) in [5.74, 6) is -0.925. The maximum atomic E-state index is 12.6. The molecule has 0 unspecified atom stereocenters. The van der Waals surface area contributed by atoms with E-state index in [-0.39, 0.29) is 24.8 Å². The van der Waals surface area contributed by atoms with Crippen LogP contribution in [0.2, 0.25) is 0 Å². The van der Waals surface area contributed by atoms with Gasteiger partial charge in [-0.25, -0.2) is 0 Å². The molecule has 4 heteroatoms. The number of rotatable bonds is 7. The third-order valence-electron chi connectivity index (χ3n) is 3.95. The Balaban J connectivity index is 3.08. The summed E-state index contributed by atoms with van der Waals surface area (Å²) in [6.45, 7) is 8.20. The fourth-order valence-corrected chi connectivity index (χ4v) is 2.33. The van der Waals surface area contributed by atoms with Gasteiger partial charge in [0, 0.05) is 18.2 Å². The van der Waals surface area contributed by atoms with Gasteiger partial charge < -0.3 is 10.0 Å². The van der Waals surface area contributed by atoms with Gasteiger partial charge in [0.1, 0.15) is 0 Å². The molecular weight excluding hydrogens is 266 g/mol. The lowest BCUT2D eigenvalue weighted by Crippen LogP contribution is -2.37. The second-order valence-electron chi connectivity index (χ2n) is 5.42. The first-order chi connectivity index (χ1) is 9.90. The van der Waals surface area contributed by atoms with Crippen LogP contribution in [0.15, 0.2) is 18.2 Å². The molecule has 0 bridgehead atoms. The number of benzene rings is 1. The van der Waals surface area contributed by atoms with E-state index in [0.717, 1.165) is 29.7 Å². The predicted molar refractivity (Wildman–Crippen MR) is 84.6 cm³/mol. The highest BCUT2D eigenvalue weighted by Crippen LogP contribution is 2.23. The van der Waals surface area contributed by atoms with Crippen LogP contribution >= 0.6 is 0 Å². The van der Waals surface area contributed by atoms with Crippen molar-refractivity contribution in [2.45, 2.75) is 47.0 Å². The molecule has 1 N–H and O–H groups in total. The van der Waals surface area contributed by atoms with E-state index < -0.39 is 5.97 Å². The molecule has 1 aromatic rings. The minimum absolute atomic E-state index is 0.0181. The van der Waals surface area contributed by atoms with Gasteiger partial charge in [-0.05, 0) is 49.9 Å². The normalized spacial score (nSPS) is 10.7. The molecule has 0 aliphatic rings. The Bertz CT molecular complexity index is 507. The summed E-state index contributed by atoms with van der Waals surface area (Å²) in [6.07, 6.45) is 1.49. The zero-order valence-corrected chi connectivity index (χ0v) is 13.3. The topological polar surface area (TPSA) is 57.6 Å². The molecule has 0 aliphatic heterocycles. The van der Waals surface area contributed by atoms with Crippen molar-refractivity contribution in [1.82, 2.24) is 0 Å². The van der Waals surface area contributed by atoms with Crippen LogP contribution in [0.5, 0.6) is 0 Å². The van der Waals surface area contributed by atoms with E-state index in [4.69, 9.17) is 5.11 Å². The van der Waals surface area contributed by atoms with Crippen LogP contribution in [0.1, 0.15) is 44.2 Å². The highest BCUT2D eigenvalue weighted by atomic mass is 16.4. The van der Waals surface area contributed by atoms with Crippen molar-refractivity contribution in [3.63, 3.8) is 0 Å². The molecule has 0 aliphatic carbocycles. The van der Waals surface area contributed by atoms with Crippen molar-refractivity contribution >= 4 is 17.6 Å². The molecule has 21 heavy (non-hydrogen) atoms. The molecule has 0 heterocycles. The average molecular weight is 291 g/mol. The van der Waals surface area contributed by atoms with Crippen LogP contribution in [0.3, 0.4) is 0 Å². The molecule has 0 spiro atoms. The number of hydrogen-bond acceptors (Lipinski definition) is 2. The van der Waals surface area contributed by atoms with Crippen molar-refractivity contribution in [2.75, 3.05) is 11.4 Å². The van der Waals surface area contributed by atoms with E-state index in [9.17, 15) is 9.59 Å². The van der Waals surface area contributed by atoms with Gasteiger partial charge in [-0.2, -0.15) is 0 Å². The maximum Gasteiger partial charge on any atom is 0.305 e. The van der Waals surface area contributed by atoms with E-state index >= 15 is 0 Å². The number of aliphatic carboxylic acids is 1. The van der Waals surface area contributed by atoms with Gasteiger partial charge in [-0.1, -0.05) is 19.9 Å². The number of carboxylic acids is 1. The van der Waals surface area contributed by atoms with Crippen molar-refractivity contribution in [1.29, 1.82) is 0 Å². The average Bonchev–Trinajstić information content (AvgIpc) is 2.44. The van der Waals surface area contributed by atoms with E-state index in [1.54, 1.807) is 4.90 Å². The highest BCUT2D eigenvalue weighted by molar-refractivity contribution is 5.95. The molecule has 1 amide bonds. The van der Waals surface area contributed by atoms with Gasteiger partial charge in [0.05, 0.1) is 6.42 Å². The SMILES string of the molecule is CCC(CC)C(=O)N(CCC(=O)O)c1ccc(C)c(C)c1. The van der Waals surface area contributed by atoms with Crippen molar-refractivity contribution < 1.29 is 14.7 Å². The van der Waals surface area contributed by atoms with Crippen LogP contribution in [-0.2, 0) is 9.59 Å². The van der Waals surface area contributed by atoms with Crippen LogP contribution in [-0.4, -0.2) is 23.5 Å². The van der Waals surface area contributed by atoms with Gasteiger partial charge in [-0.15, -0.1) is 0 Å². The number of hydrogen-bond donors (Lipinski definition) is 1. The van der Waals surface area contributed by atoms with Crippen LogP contribution in [0.4, 0.5) is 5.69 Å². The Morgan fingerprint density at radius 1 is 1.14 bits per heavy atom. The first kappa shape index (κ1) is 17.2. The Hall–Kier alpha value is -1.84. The minimum Gasteiger partial charge on any atom is -0.481 e. The second-order valence-corrected chi connectivity index (χ2v) is 5.42. The summed E-state index contributed by atoms with van der Waals surface area (Å²) in [5, 5.41) is 8.90. The molecule has 1 rings (SSSR count). The molecule has 1 aromatic carbocycles. The fourth-order valence-electron chi connectivity index (χ4n) is 2.33. The molecular formula is C17H25NO3. The lowest BCUT2D eigenvalue weighted by Gasteiger charge is -2.26. The maximum absolute atomic E-state index is 12.6. The summed E-state index contributed by atoms with van der Waals surface area (Å²) in [4.78, 5) is 25.1. The summed E-state index contributed by atoms with van der Waals surface area (Å²) >= 11 is 0. The van der Waals surface area contributed by atoms with E-state index in [1.165, 1.54) is 0 Å². The standard InChI is InChI=1S/C17H25NO3/c1-5-14(6-2)17(21)18(10-9-16(19)20)15-8-7-12(3)13(4)11-15/h7-8,11,14H,5-6,9-10H2,1-4H3,(H,19,20). The zero-order chi connectivity index (χ0) is 16.0. The van der Waals surface area contributed by atoms with E-state index in [2.05, 4.69) is 0 Å². The Morgan fingerprint density at radius 2 is 1.76 bits per heavy atom.